The van der Waals surface area contributed by atoms with Crippen molar-refractivity contribution in [2.75, 3.05) is 13.1 Å². The molecule has 5 heteroatoms. The monoisotopic (exact) mass is 214 g/mol. The zero-order chi connectivity index (χ0) is 11.3. The fraction of sp³-hybridized carbons (Fsp3) is 0.800. The van der Waals surface area contributed by atoms with Crippen LogP contribution in [0.3, 0.4) is 0 Å². The highest BCUT2D eigenvalue weighted by Crippen LogP contribution is 2.24. The van der Waals surface area contributed by atoms with Crippen LogP contribution in [0.4, 0.5) is 4.79 Å². The highest BCUT2D eigenvalue weighted by Gasteiger charge is 2.18. The van der Waals surface area contributed by atoms with E-state index in [-0.39, 0.29) is 12.6 Å². The predicted molar refractivity (Wildman–Crippen MR) is 55.5 cm³/mol. The number of rotatable bonds is 5. The lowest BCUT2D eigenvalue weighted by Gasteiger charge is -2.25. The number of hydrogen-bond donors (Lipinski definition) is 3. The molecule has 0 aromatic carbocycles. The Balaban J connectivity index is 2.04. The van der Waals surface area contributed by atoms with Gasteiger partial charge in [0.2, 0.25) is 0 Å². The van der Waals surface area contributed by atoms with E-state index >= 15 is 0 Å². The van der Waals surface area contributed by atoms with Gasteiger partial charge in [-0.1, -0.05) is 13.3 Å². The number of nitrogens with one attached hydrogen (secondary N) is 2. The fourth-order valence-corrected chi connectivity index (χ4v) is 1.33. The third-order valence-corrected chi connectivity index (χ3v) is 2.77. The average Bonchev–Trinajstić information content (AvgIpc) is 2.11. The number of carboxylic acid groups (broad SMARTS) is 1. The lowest BCUT2D eigenvalue weighted by Crippen LogP contribution is -2.42. The summed E-state index contributed by atoms with van der Waals surface area (Å²) in [6.45, 7) is 2.44. The van der Waals surface area contributed by atoms with Gasteiger partial charge in [-0.2, -0.15) is 0 Å². The average molecular weight is 214 g/mol. The molecule has 3 N–H and O–H groups in total. The lowest BCUT2D eigenvalue weighted by atomic mass is 9.85. The molecule has 0 aliphatic heterocycles. The Labute approximate surface area is 89.2 Å². The van der Waals surface area contributed by atoms with E-state index in [0.29, 0.717) is 12.5 Å². The van der Waals surface area contributed by atoms with Gasteiger partial charge in [0.05, 0.1) is 5.92 Å². The van der Waals surface area contributed by atoms with Gasteiger partial charge in [-0.3, -0.25) is 4.79 Å². The van der Waals surface area contributed by atoms with Crippen LogP contribution >= 0.6 is 0 Å². The van der Waals surface area contributed by atoms with Crippen molar-refractivity contribution in [3.63, 3.8) is 0 Å². The van der Waals surface area contributed by atoms with Crippen LogP contribution < -0.4 is 10.6 Å². The molecule has 5 nitrogen and oxygen atoms in total. The zero-order valence-electron chi connectivity index (χ0n) is 8.95. The Bertz CT molecular complexity index is 239. The normalized spacial score (nSPS) is 17.7. The van der Waals surface area contributed by atoms with E-state index in [2.05, 4.69) is 10.6 Å². The van der Waals surface area contributed by atoms with Gasteiger partial charge in [-0.15, -0.1) is 0 Å². The molecule has 1 saturated carbocycles. The maximum absolute atomic E-state index is 11.2. The van der Waals surface area contributed by atoms with Crippen molar-refractivity contribution in [3.8, 4) is 0 Å². The van der Waals surface area contributed by atoms with Crippen molar-refractivity contribution in [2.24, 2.45) is 11.8 Å². The van der Waals surface area contributed by atoms with Gasteiger partial charge in [0, 0.05) is 13.1 Å². The summed E-state index contributed by atoms with van der Waals surface area (Å²) in [6.07, 6.45) is 3.63. The number of hydrogen-bond acceptors (Lipinski definition) is 2. The standard InChI is InChI=1S/C10H18N2O3/c1-7(9(13)14)5-11-10(15)12-6-8-3-2-4-8/h7-8H,2-6H2,1H3,(H,13,14)(H2,11,12,15). The molecular weight excluding hydrogens is 196 g/mol. The largest absolute Gasteiger partial charge is 0.481 e. The molecule has 86 valence electrons. The topological polar surface area (TPSA) is 78.4 Å². The Kier molecular flexibility index (Phi) is 4.39. The fourth-order valence-electron chi connectivity index (χ4n) is 1.33. The summed E-state index contributed by atoms with van der Waals surface area (Å²) in [5, 5.41) is 13.9. The predicted octanol–water partition coefficient (Wildman–Crippen LogP) is 0.806. The van der Waals surface area contributed by atoms with Crippen LogP contribution in [-0.4, -0.2) is 30.2 Å². The molecule has 0 heterocycles. The molecule has 0 saturated heterocycles. The van der Waals surface area contributed by atoms with E-state index in [4.69, 9.17) is 5.11 Å². The second-order valence-electron chi connectivity index (χ2n) is 4.13. The van der Waals surface area contributed by atoms with Crippen LogP contribution in [0.25, 0.3) is 0 Å². The molecular formula is C10H18N2O3. The first-order valence-corrected chi connectivity index (χ1v) is 5.34. The molecule has 1 aliphatic carbocycles. The van der Waals surface area contributed by atoms with Crippen LogP contribution in [0.5, 0.6) is 0 Å². The van der Waals surface area contributed by atoms with Crippen molar-refractivity contribution in [1.82, 2.24) is 10.6 Å². The van der Waals surface area contributed by atoms with Crippen molar-refractivity contribution in [2.45, 2.75) is 26.2 Å². The number of aliphatic carboxylic acids is 1. The Hall–Kier alpha value is -1.26. The van der Waals surface area contributed by atoms with Gasteiger partial charge in [0.1, 0.15) is 0 Å². The molecule has 1 rings (SSSR count). The zero-order valence-corrected chi connectivity index (χ0v) is 8.95. The van der Waals surface area contributed by atoms with Gasteiger partial charge in [0.15, 0.2) is 0 Å². The number of amides is 2. The molecule has 0 radical (unpaired) electrons. The quantitative estimate of drug-likeness (QED) is 0.633. The molecule has 0 aromatic heterocycles. The second-order valence-corrected chi connectivity index (χ2v) is 4.13. The minimum Gasteiger partial charge on any atom is -0.481 e. The minimum atomic E-state index is -0.894. The molecule has 15 heavy (non-hydrogen) atoms. The van der Waals surface area contributed by atoms with E-state index in [9.17, 15) is 9.59 Å². The first-order valence-electron chi connectivity index (χ1n) is 5.34. The first kappa shape index (κ1) is 11.8. The summed E-state index contributed by atoms with van der Waals surface area (Å²) in [5.41, 5.74) is 0. The SMILES string of the molecule is CC(CNC(=O)NCC1CCC1)C(=O)O. The summed E-state index contributed by atoms with van der Waals surface area (Å²) in [7, 11) is 0. The molecule has 0 aromatic rings. The van der Waals surface area contributed by atoms with E-state index in [1.54, 1.807) is 6.92 Å². The summed E-state index contributed by atoms with van der Waals surface area (Å²) in [5.74, 6) is -0.818. The van der Waals surface area contributed by atoms with Gasteiger partial charge in [-0.05, 0) is 18.8 Å². The van der Waals surface area contributed by atoms with Crippen molar-refractivity contribution in [1.29, 1.82) is 0 Å². The molecule has 0 bridgehead atoms. The summed E-state index contributed by atoms with van der Waals surface area (Å²) >= 11 is 0. The molecule has 2 amide bonds. The van der Waals surface area contributed by atoms with Gasteiger partial charge < -0.3 is 15.7 Å². The van der Waals surface area contributed by atoms with Crippen molar-refractivity contribution < 1.29 is 14.7 Å². The molecule has 1 aliphatic rings. The highest BCUT2D eigenvalue weighted by molar-refractivity contribution is 5.75. The second kappa shape index (κ2) is 5.58. The highest BCUT2D eigenvalue weighted by atomic mass is 16.4. The number of carboxylic acids is 1. The van der Waals surface area contributed by atoms with Crippen LogP contribution in [0.15, 0.2) is 0 Å². The van der Waals surface area contributed by atoms with Gasteiger partial charge in [0.25, 0.3) is 0 Å². The Morgan fingerprint density at radius 1 is 1.40 bits per heavy atom. The van der Waals surface area contributed by atoms with E-state index in [1.165, 1.54) is 19.3 Å². The van der Waals surface area contributed by atoms with E-state index in [1.807, 2.05) is 0 Å². The summed E-state index contributed by atoms with van der Waals surface area (Å²) in [4.78, 5) is 21.7. The molecule has 1 fully saturated rings. The van der Waals surface area contributed by atoms with Crippen LogP contribution in [0.1, 0.15) is 26.2 Å². The van der Waals surface area contributed by atoms with Gasteiger partial charge >= 0.3 is 12.0 Å². The first-order chi connectivity index (χ1) is 7.09. The smallest absolute Gasteiger partial charge is 0.314 e. The van der Waals surface area contributed by atoms with Crippen LogP contribution in [-0.2, 0) is 4.79 Å². The molecule has 1 unspecified atom stereocenters. The summed E-state index contributed by atoms with van der Waals surface area (Å²) < 4.78 is 0. The number of carbonyl (C=O) groups excluding carboxylic acids is 1. The van der Waals surface area contributed by atoms with E-state index < -0.39 is 11.9 Å². The van der Waals surface area contributed by atoms with Crippen LogP contribution in [0, 0.1) is 11.8 Å². The third kappa shape index (κ3) is 4.18. The Morgan fingerprint density at radius 3 is 2.53 bits per heavy atom. The van der Waals surface area contributed by atoms with Crippen molar-refractivity contribution in [3.05, 3.63) is 0 Å². The third-order valence-electron chi connectivity index (χ3n) is 2.77. The maximum Gasteiger partial charge on any atom is 0.314 e. The van der Waals surface area contributed by atoms with Crippen molar-refractivity contribution >= 4 is 12.0 Å². The number of carbonyl (C=O) groups is 2. The minimum absolute atomic E-state index is 0.172. The Morgan fingerprint density at radius 2 is 2.07 bits per heavy atom. The maximum atomic E-state index is 11.2. The summed E-state index contributed by atoms with van der Waals surface area (Å²) in [6, 6.07) is -0.269. The number of urea groups is 1. The molecule has 1 atom stereocenters. The van der Waals surface area contributed by atoms with E-state index in [0.717, 1.165) is 0 Å². The van der Waals surface area contributed by atoms with Gasteiger partial charge in [-0.25, -0.2) is 4.79 Å². The van der Waals surface area contributed by atoms with Crippen LogP contribution in [0.2, 0.25) is 0 Å². The molecule has 0 spiro atoms. The lowest BCUT2D eigenvalue weighted by molar-refractivity contribution is -0.140.